The molecule has 1 aliphatic heterocycles. The van der Waals surface area contributed by atoms with E-state index >= 15 is 0 Å². The first-order chi connectivity index (χ1) is 5.98. The van der Waals surface area contributed by atoms with Crippen molar-refractivity contribution >= 4 is 22.6 Å². The summed E-state index contributed by atoms with van der Waals surface area (Å²) in [4.78, 5) is 4.19. The van der Waals surface area contributed by atoms with E-state index < -0.39 is 0 Å². The Morgan fingerprint density at radius 2 is 2.23 bits per heavy atom. The van der Waals surface area contributed by atoms with Crippen LogP contribution in [0.4, 0.5) is 0 Å². The van der Waals surface area contributed by atoms with Crippen LogP contribution in [0.15, 0.2) is 10.1 Å². The van der Waals surface area contributed by atoms with E-state index in [0.717, 1.165) is 12.1 Å². The summed E-state index contributed by atoms with van der Waals surface area (Å²) in [5.41, 5.74) is 1.05. The highest BCUT2D eigenvalue weighted by molar-refractivity contribution is 8.16. The second-order valence-corrected chi connectivity index (χ2v) is 5.48. The average molecular weight is 200 g/mol. The average Bonchev–Trinajstić information content (AvgIpc) is 2.26. The molecule has 74 valence electrons. The lowest BCUT2D eigenvalue weighted by atomic mass is 9.94. The van der Waals surface area contributed by atoms with Gasteiger partial charge in [-0.3, -0.25) is 0 Å². The zero-order valence-corrected chi connectivity index (χ0v) is 9.35. The maximum absolute atomic E-state index is 8.61. The summed E-state index contributed by atoms with van der Waals surface area (Å²) in [5.74, 6) is 0.626. The van der Waals surface area contributed by atoms with Crippen molar-refractivity contribution in [2.75, 3.05) is 0 Å². The molecule has 0 aromatic rings. The van der Waals surface area contributed by atoms with Crippen molar-refractivity contribution in [2.24, 2.45) is 16.1 Å². The zero-order valence-electron chi connectivity index (χ0n) is 8.53. The maximum Gasteiger partial charge on any atom is 0.226 e. The normalized spacial score (nSPS) is 31.5. The van der Waals surface area contributed by atoms with Crippen LogP contribution in [-0.2, 0) is 0 Å². The van der Waals surface area contributed by atoms with Crippen LogP contribution in [0.2, 0.25) is 0 Å². The topological polar surface area (TPSA) is 45.0 Å². The van der Waals surface area contributed by atoms with Gasteiger partial charge in [0.15, 0.2) is 0 Å². The maximum atomic E-state index is 8.61. The second kappa shape index (κ2) is 3.70. The number of hydrogen-bond acceptors (Lipinski definition) is 3. The fraction of sp³-hybridized carbons (Fsp3) is 0.778. The molecule has 1 heterocycles. The van der Waals surface area contributed by atoms with Crippen molar-refractivity contribution in [3.05, 3.63) is 0 Å². The van der Waals surface area contributed by atoms with Gasteiger partial charge >= 0.3 is 0 Å². The van der Waals surface area contributed by atoms with E-state index in [2.05, 4.69) is 30.9 Å². The highest BCUT2D eigenvalue weighted by atomic mass is 32.2. The molecular weight excluding hydrogens is 184 g/mol. The molecule has 4 heteroatoms. The van der Waals surface area contributed by atoms with Gasteiger partial charge in [0, 0.05) is 5.71 Å². The van der Waals surface area contributed by atoms with Crippen LogP contribution in [-0.4, -0.2) is 20.8 Å². The molecule has 0 aliphatic carbocycles. The highest BCUT2D eigenvalue weighted by Crippen LogP contribution is 2.39. The molecule has 0 saturated carbocycles. The van der Waals surface area contributed by atoms with Crippen molar-refractivity contribution in [3.63, 3.8) is 0 Å². The van der Waals surface area contributed by atoms with Crippen LogP contribution >= 0.6 is 11.8 Å². The van der Waals surface area contributed by atoms with Crippen molar-refractivity contribution in [2.45, 2.75) is 38.9 Å². The Hall–Kier alpha value is -0.510. The number of hydrogen-bond donors (Lipinski definition) is 1. The fourth-order valence-corrected chi connectivity index (χ4v) is 2.81. The van der Waals surface area contributed by atoms with E-state index in [1.165, 1.54) is 0 Å². The van der Waals surface area contributed by atoms with Crippen molar-refractivity contribution in [1.82, 2.24) is 0 Å². The predicted octanol–water partition coefficient (Wildman–Crippen LogP) is 2.74. The van der Waals surface area contributed by atoms with Gasteiger partial charge in [0.2, 0.25) is 5.17 Å². The smallest absolute Gasteiger partial charge is 0.226 e. The van der Waals surface area contributed by atoms with Crippen molar-refractivity contribution in [3.8, 4) is 0 Å². The molecule has 1 atom stereocenters. The first kappa shape index (κ1) is 10.6. The molecule has 0 bridgehead atoms. The minimum Gasteiger partial charge on any atom is -0.409 e. The quantitative estimate of drug-likeness (QED) is 0.550. The SMILES string of the molecule is CC1=NC(=NO)SC1(C)CC(C)C. The molecule has 1 N–H and O–H groups in total. The lowest BCUT2D eigenvalue weighted by molar-refractivity contribution is 0.320. The summed E-state index contributed by atoms with van der Waals surface area (Å²) in [6.45, 7) is 8.52. The highest BCUT2D eigenvalue weighted by Gasteiger charge is 2.36. The predicted molar refractivity (Wildman–Crippen MR) is 57.8 cm³/mol. The minimum atomic E-state index is 0.0235. The van der Waals surface area contributed by atoms with E-state index in [0.29, 0.717) is 11.1 Å². The molecule has 1 aliphatic rings. The first-order valence-corrected chi connectivity index (χ1v) is 5.26. The molecule has 0 amide bonds. The molecule has 0 saturated heterocycles. The largest absolute Gasteiger partial charge is 0.409 e. The molecule has 0 fully saturated rings. The number of thioether (sulfide) groups is 1. The summed E-state index contributed by atoms with van der Waals surface area (Å²) in [6.07, 6.45) is 1.06. The summed E-state index contributed by atoms with van der Waals surface area (Å²) in [6, 6.07) is 0. The Morgan fingerprint density at radius 1 is 1.62 bits per heavy atom. The third-order valence-corrected chi connectivity index (χ3v) is 3.50. The molecular formula is C9H16N2OS. The van der Waals surface area contributed by atoms with Crippen LogP contribution in [0, 0.1) is 5.92 Å². The number of nitrogens with zero attached hydrogens (tertiary/aromatic N) is 2. The zero-order chi connectivity index (χ0) is 10.1. The van der Waals surface area contributed by atoms with Crippen LogP contribution in [0.3, 0.4) is 0 Å². The molecule has 1 unspecified atom stereocenters. The van der Waals surface area contributed by atoms with E-state index in [-0.39, 0.29) is 4.75 Å². The standard InChI is InChI=1S/C9H16N2OS/c1-6(2)5-9(4)7(3)10-8(11-12)13-9/h6,12H,5H2,1-4H3. The van der Waals surface area contributed by atoms with Gasteiger partial charge in [0.25, 0.3) is 0 Å². The molecule has 0 aromatic heterocycles. The second-order valence-electron chi connectivity index (χ2n) is 4.01. The number of oxime groups is 1. The van der Waals surface area contributed by atoms with E-state index in [1.807, 2.05) is 6.92 Å². The van der Waals surface area contributed by atoms with Crippen LogP contribution < -0.4 is 0 Å². The summed E-state index contributed by atoms with van der Waals surface area (Å²) in [5, 5.41) is 12.2. The van der Waals surface area contributed by atoms with E-state index in [1.54, 1.807) is 11.8 Å². The summed E-state index contributed by atoms with van der Waals surface area (Å²) in [7, 11) is 0. The van der Waals surface area contributed by atoms with E-state index in [4.69, 9.17) is 5.21 Å². The molecule has 1 rings (SSSR count). The Balaban J connectivity index is 2.79. The van der Waals surface area contributed by atoms with Crippen molar-refractivity contribution in [1.29, 1.82) is 0 Å². The van der Waals surface area contributed by atoms with Gasteiger partial charge < -0.3 is 5.21 Å². The molecule has 0 aromatic carbocycles. The van der Waals surface area contributed by atoms with Gasteiger partial charge in [-0.2, -0.15) is 0 Å². The minimum absolute atomic E-state index is 0.0235. The monoisotopic (exact) mass is 200 g/mol. The van der Waals surface area contributed by atoms with Gasteiger partial charge in [0.1, 0.15) is 0 Å². The van der Waals surface area contributed by atoms with Crippen LogP contribution in [0.5, 0.6) is 0 Å². The van der Waals surface area contributed by atoms with E-state index in [9.17, 15) is 0 Å². The number of aliphatic imine (C=N–C) groups is 1. The van der Waals surface area contributed by atoms with Crippen LogP contribution in [0.1, 0.15) is 34.1 Å². The Morgan fingerprint density at radius 3 is 2.62 bits per heavy atom. The van der Waals surface area contributed by atoms with Gasteiger partial charge in [-0.05, 0) is 26.2 Å². The van der Waals surface area contributed by atoms with Gasteiger partial charge in [-0.15, -0.1) is 0 Å². The summed E-state index contributed by atoms with van der Waals surface area (Å²) >= 11 is 1.55. The molecule has 3 nitrogen and oxygen atoms in total. The van der Waals surface area contributed by atoms with Gasteiger partial charge in [-0.1, -0.05) is 30.8 Å². The third-order valence-electron chi connectivity index (χ3n) is 2.23. The first-order valence-electron chi connectivity index (χ1n) is 4.45. The molecule has 13 heavy (non-hydrogen) atoms. The fourth-order valence-electron chi connectivity index (χ4n) is 1.57. The lowest BCUT2D eigenvalue weighted by Gasteiger charge is -2.24. The Bertz CT molecular complexity index is 260. The van der Waals surface area contributed by atoms with Gasteiger partial charge in [0.05, 0.1) is 4.75 Å². The molecule has 0 spiro atoms. The Kier molecular flexibility index (Phi) is 3.01. The number of rotatable bonds is 2. The third kappa shape index (κ3) is 2.24. The van der Waals surface area contributed by atoms with Crippen molar-refractivity contribution < 1.29 is 5.21 Å². The number of amidine groups is 1. The van der Waals surface area contributed by atoms with Crippen LogP contribution in [0.25, 0.3) is 0 Å². The van der Waals surface area contributed by atoms with Gasteiger partial charge in [-0.25, -0.2) is 4.99 Å². The molecule has 0 radical (unpaired) electrons. The summed E-state index contributed by atoms with van der Waals surface area (Å²) < 4.78 is 0.0235. The Labute approximate surface area is 83.3 Å². The lowest BCUT2D eigenvalue weighted by Crippen LogP contribution is -2.28.